The van der Waals surface area contributed by atoms with E-state index < -0.39 is 17.7 Å². The number of rotatable bonds is 6. The van der Waals surface area contributed by atoms with Gasteiger partial charge in [-0.2, -0.15) is 0 Å². The van der Waals surface area contributed by atoms with Crippen molar-refractivity contribution in [1.29, 1.82) is 0 Å². The molecule has 0 saturated heterocycles. The van der Waals surface area contributed by atoms with Crippen LogP contribution in [0.25, 0.3) is 0 Å². The maximum atomic E-state index is 13.8. The fourth-order valence-electron chi connectivity index (χ4n) is 3.11. The van der Waals surface area contributed by atoms with Crippen molar-refractivity contribution in [3.63, 3.8) is 0 Å². The number of hydrogen-bond acceptors (Lipinski definition) is 3. The lowest BCUT2D eigenvalue weighted by Crippen LogP contribution is -2.27. The van der Waals surface area contributed by atoms with E-state index in [9.17, 15) is 18.4 Å². The second-order valence-electron chi connectivity index (χ2n) is 7.08. The number of nitrogens with one attached hydrogen (secondary N) is 2. The molecule has 0 aliphatic carbocycles. The van der Waals surface area contributed by atoms with Crippen LogP contribution in [-0.2, 0) is 6.54 Å². The van der Waals surface area contributed by atoms with Crippen LogP contribution in [0.4, 0.5) is 8.78 Å². The van der Waals surface area contributed by atoms with Crippen molar-refractivity contribution in [2.75, 3.05) is 0 Å². The second kappa shape index (κ2) is 8.90. The smallest absolute Gasteiger partial charge is 0.253 e. The van der Waals surface area contributed by atoms with Crippen molar-refractivity contribution in [2.45, 2.75) is 33.4 Å². The Balaban J connectivity index is 1.64. The summed E-state index contributed by atoms with van der Waals surface area (Å²) in [4.78, 5) is 27.2. The van der Waals surface area contributed by atoms with Crippen LogP contribution in [0.5, 0.6) is 5.75 Å². The molecule has 0 aliphatic rings. The van der Waals surface area contributed by atoms with Crippen LogP contribution >= 0.6 is 0 Å². The molecule has 0 fully saturated rings. The van der Waals surface area contributed by atoms with Gasteiger partial charge >= 0.3 is 0 Å². The Bertz CT molecular complexity index is 1120. The molecule has 1 aromatic heterocycles. The number of ether oxygens (including phenoxy) is 1. The first-order chi connectivity index (χ1) is 14.2. The third-order valence-electron chi connectivity index (χ3n) is 4.76. The third kappa shape index (κ3) is 4.92. The summed E-state index contributed by atoms with van der Waals surface area (Å²) < 4.78 is 32.3. The van der Waals surface area contributed by atoms with Crippen LogP contribution in [0.2, 0.25) is 0 Å². The predicted octanol–water partition coefficient (Wildman–Crippen LogP) is 4.34. The molecular formula is C23H22F2N2O3. The summed E-state index contributed by atoms with van der Waals surface area (Å²) in [5.74, 6) is -1.83. The van der Waals surface area contributed by atoms with E-state index in [1.807, 2.05) is 13.0 Å². The van der Waals surface area contributed by atoms with E-state index in [1.165, 1.54) is 6.07 Å². The summed E-state index contributed by atoms with van der Waals surface area (Å²) in [6, 6.07) is 11.6. The minimum atomic E-state index is -0.778. The lowest BCUT2D eigenvalue weighted by molar-refractivity contribution is 0.0950. The van der Waals surface area contributed by atoms with E-state index in [0.29, 0.717) is 11.1 Å². The maximum Gasteiger partial charge on any atom is 0.253 e. The highest BCUT2D eigenvalue weighted by molar-refractivity contribution is 5.94. The number of benzene rings is 2. The van der Waals surface area contributed by atoms with Gasteiger partial charge in [-0.15, -0.1) is 0 Å². The number of carbonyl (C=O) groups is 1. The van der Waals surface area contributed by atoms with Gasteiger partial charge in [0.25, 0.3) is 11.5 Å². The molecular weight excluding hydrogens is 390 g/mol. The Morgan fingerprint density at radius 2 is 1.80 bits per heavy atom. The highest BCUT2D eigenvalue weighted by Gasteiger charge is 2.13. The van der Waals surface area contributed by atoms with Crippen molar-refractivity contribution < 1.29 is 18.3 Å². The molecule has 0 radical (unpaired) electrons. The third-order valence-corrected chi connectivity index (χ3v) is 4.76. The number of amides is 1. The molecule has 3 rings (SSSR count). The average molecular weight is 412 g/mol. The zero-order chi connectivity index (χ0) is 21.8. The molecule has 30 heavy (non-hydrogen) atoms. The van der Waals surface area contributed by atoms with E-state index in [-0.39, 0.29) is 23.8 Å². The Morgan fingerprint density at radius 3 is 2.43 bits per heavy atom. The number of aromatic nitrogens is 1. The van der Waals surface area contributed by atoms with Gasteiger partial charge in [-0.05, 0) is 62.2 Å². The van der Waals surface area contributed by atoms with Crippen molar-refractivity contribution in [1.82, 2.24) is 10.3 Å². The summed E-state index contributed by atoms with van der Waals surface area (Å²) >= 11 is 0. The van der Waals surface area contributed by atoms with Gasteiger partial charge < -0.3 is 15.0 Å². The van der Waals surface area contributed by atoms with E-state index >= 15 is 0 Å². The van der Waals surface area contributed by atoms with Crippen molar-refractivity contribution in [2.24, 2.45) is 0 Å². The summed E-state index contributed by atoms with van der Waals surface area (Å²) in [6.45, 7) is 5.47. The monoisotopic (exact) mass is 412 g/mol. The van der Waals surface area contributed by atoms with E-state index in [2.05, 4.69) is 10.3 Å². The molecule has 0 unspecified atom stereocenters. The molecule has 0 bridgehead atoms. The number of halogens is 2. The number of pyridine rings is 1. The molecule has 2 N–H and O–H groups in total. The lowest BCUT2D eigenvalue weighted by atomic mass is 10.1. The van der Waals surface area contributed by atoms with Crippen LogP contribution in [0.1, 0.15) is 45.8 Å². The minimum Gasteiger partial charge on any atom is -0.483 e. The quantitative estimate of drug-likeness (QED) is 0.633. The topological polar surface area (TPSA) is 71.2 Å². The fourth-order valence-corrected chi connectivity index (χ4v) is 3.11. The standard InChI is InChI=1S/C23H22F2N2O3/c1-13-10-14(2)27-23(29)19(13)12-26-22(28)17-6-4-16(5-7-17)15(3)30-21-9-8-18(24)11-20(21)25/h4-11,15H,12H2,1-3H3,(H,26,28)(H,27,29)/t15-/m0/s1. The predicted molar refractivity (Wildman–Crippen MR) is 110 cm³/mol. The van der Waals surface area contributed by atoms with Gasteiger partial charge in [0, 0.05) is 29.4 Å². The molecule has 2 aromatic carbocycles. The molecule has 1 amide bonds. The zero-order valence-corrected chi connectivity index (χ0v) is 16.9. The number of aryl methyl sites for hydroxylation is 2. The number of H-pyrrole nitrogens is 1. The first kappa shape index (κ1) is 21.2. The summed E-state index contributed by atoms with van der Waals surface area (Å²) in [6.07, 6.45) is -0.504. The van der Waals surface area contributed by atoms with Gasteiger partial charge in [-0.3, -0.25) is 9.59 Å². The van der Waals surface area contributed by atoms with Gasteiger partial charge in [0.15, 0.2) is 11.6 Å². The van der Waals surface area contributed by atoms with Gasteiger partial charge in [0.2, 0.25) is 0 Å². The van der Waals surface area contributed by atoms with Gasteiger partial charge in [0.05, 0.1) is 0 Å². The van der Waals surface area contributed by atoms with Crippen LogP contribution in [-0.4, -0.2) is 10.9 Å². The molecule has 0 saturated carbocycles. The van der Waals surface area contributed by atoms with Gasteiger partial charge in [-0.25, -0.2) is 8.78 Å². The summed E-state index contributed by atoms with van der Waals surface area (Å²) in [5.41, 5.74) is 3.00. The largest absolute Gasteiger partial charge is 0.483 e. The second-order valence-corrected chi connectivity index (χ2v) is 7.08. The summed E-state index contributed by atoms with van der Waals surface area (Å²) in [5, 5.41) is 2.74. The fraction of sp³-hybridized carbons (Fsp3) is 0.217. The highest BCUT2D eigenvalue weighted by Crippen LogP contribution is 2.25. The zero-order valence-electron chi connectivity index (χ0n) is 16.9. The van der Waals surface area contributed by atoms with Crippen LogP contribution in [0, 0.1) is 25.5 Å². The van der Waals surface area contributed by atoms with Crippen LogP contribution in [0.3, 0.4) is 0 Å². The Hall–Kier alpha value is -3.48. The first-order valence-electron chi connectivity index (χ1n) is 9.44. The molecule has 3 aromatic rings. The molecule has 1 heterocycles. The molecule has 156 valence electrons. The number of aromatic amines is 1. The molecule has 0 spiro atoms. The van der Waals surface area contributed by atoms with Crippen LogP contribution < -0.4 is 15.6 Å². The van der Waals surface area contributed by atoms with Crippen LogP contribution in [0.15, 0.2) is 53.3 Å². The normalized spacial score (nSPS) is 11.8. The van der Waals surface area contributed by atoms with Crippen molar-refractivity contribution in [3.05, 3.63) is 98.5 Å². The van der Waals surface area contributed by atoms with Crippen molar-refractivity contribution >= 4 is 5.91 Å². The van der Waals surface area contributed by atoms with E-state index in [4.69, 9.17) is 4.74 Å². The Labute approximate surface area is 172 Å². The van der Waals surface area contributed by atoms with Crippen molar-refractivity contribution in [3.8, 4) is 5.75 Å². The number of hydrogen-bond donors (Lipinski definition) is 2. The Kier molecular flexibility index (Phi) is 6.30. The molecule has 1 atom stereocenters. The maximum absolute atomic E-state index is 13.8. The molecule has 0 aliphatic heterocycles. The van der Waals surface area contributed by atoms with Gasteiger partial charge in [-0.1, -0.05) is 12.1 Å². The Morgan fingerprint density at radius 1 is 1.10 bits per heavy atom. The lowest BCUT2D eigenvalue weighted by Gasteiger charge is -2.16. The molecule has 5 nitrogen and oxygen atoms in total. The van der Waals surface area contributed by atoms with E-state index in [1.54, 1.807) is 38.1 Å². The van der Waals surface area contributed by atoms with E-state index in [0.717, 1.165) is 29.0 Å². The number of carbonyl (C=O) groups excluding carboxylic acids is 1. The highest BCUT2D eigenvalue weighted by atomic mass is 19.1. The SMILES string of the molecule is Cc1cc(C)c(CNC(=O)c2ccc([C@H](C)Oc3ccc(F)cc3F)cc2)c(=O)[nH]1. The minimum absolute atomic E-state index is 0.0515. The molecule has 7 heteroatoms. The first-order valence-corrected chi connectivity index (χ1v) is 9.44. The summed E-state index contributed by atoms with van der Waals surface area (Å²) in [7, 11) is 0. The average Bonchev–Trinajstić information content (AvgIpc) is 2.69. The van der Waals surface area contributed by atoms with Gasteiger partial charge in [0.1, 0.15) is 11.9 Å².